The number of hydrogen-bond acceptors (Lipinski definition) is 3. The van der Waals surface area contributed by atoms with Gasteiger partial charge in [-0.2, -0.15) is 0 Å². The minimum absolute atomic E-state index is 0.182. The zero-order valence-corrected chi connectivity index (χ0v) is 11.0. The number of rotatable bonds is 2. The molecule has 0 spiro atoms. The first-order chi connectivity index (χ1) is 10.1. The van der Waals surface area contributed by atoms with Crippen molar-refractivity contribution >= 4 is 28.2 Å². The molecule has 0 atom stereocenters. The predicted octanol–water partition coefficient (Wildman–Crippen LogP) is 3.21. The van der Waals surface area contributed by atoms with Crippen molar-refractivity contribution in [3.8, 4) is 0 Å². The van der Waals surface area contributed by atoms with Crippen LogP contribution in [-0.4, -0.2) is 10.9 Å². The van der Waals surface area contributed by atoms with Crippen LogP contribution in [0.3, 0.4) is 0 Å². The van der Waals surface area contributed by atoms with Gasteiger partial charge in [-0.3, -0.25) is 9.78 Å². The molecule has 1 aromatic heterocycles. The lowest BCUT2D eigenvalue weighted by atomic mass is 10.1. The number of benzene rings is 2. The number of nitrogens with two attached hydrogens (primary N) is 1. The van der Waals surface area contributed by atoms with Crippen molar-refractivity contribution in [1.29, 1.82) is 0 Å². The molecule has 3 N–H and O–H groups in total. The lowest BCUT2D eigenvalue weighted by molar-refractivity contribution is 0.102. The molecule has 0 aliphatic heterocycles. The SMILES string of the molecule is Nc1cc(F)ccc1NC(=O)c1ccnc2ccccc12. The molecule has 0 bridgehead atoms. The van der Waals surface area contributed by atoms with E-state index in [4.69, 9.17) is 5.73 Å². The smallest absolute Gasteiger partial charge is 0.256 e. The highest BCUT2D eigenvalue weighted by atomic mass is 19.1. The number of anilines is 2. The number of carbonyl (C=O) groups excluding carboxylic acids is 1. The average molecular weight is 281 g/mol. The van der Waals surface area contributed by atoms with Gasteiger partial charge in [0.2, 0.25) is 0 Å². The van der Waals surface area contributed by atoms with Crippen LogP contribution in [0.2, 0.25) is 0 Å². The Labute approximate surface area is 120 Å². The molecule has 0 saturated carbocycles. The standard InChI is InChI=1S/C16H12FN3O/c17-10-5-6-15(13(18)9-10)20-16(21)12-7-8-19-14-4-2-1-3-11(12)14/h1-9H,18H2,(H,20,21). The van der Waals surface area contributed by atoms with Crippen LogP contribution in [0, 0.1) is 5.82 Å². The number of aromatic nitrogens is 1. The summed E-state index contributed by atoms with van der Waals surface area (Å²) in [4.78, 5) is 16.6. The minimum atomic E-state index is -0.445. The number of nitrogen functional groups attached to an aromatic ring is 1. The van der Waals surface area contributed by atoms with Gasteiger partial charge in [0.25, 0.3) is 5.91 Å². The maximum Gasteiger partial charge on any atom is 0.256 e. The summed E-state index contributed by atoms with van der Waals surface area (Å²) in [6, 6.07) is 12.8. The van der Waals surface area contributed by atoms with Gasteiger partial charge < -0.3 is 11.1 Å². The highest BCUT2D eigenvalue weighted by Gasteiger charge is 2.12. The third kappa shape index (κ3) is 2.53. The molecule has 5 heteroatoms. The Bertz CT molecular complexity index is 827. The van der Waals surface area contributed by atoms with Gasteiger partial charge in [0.05, 0.1) is 22.5 Å². The normalized spacial score (nSPS) is 10.5. The van der Waals surface area contributed by atoms with Gasteiger partial charge in [0.15, 0.2) is 0 Å². The summed E-state index contributed by atoms with van der Waals surface area (Å²) >= 11 is 0. The molecular weight excluding hydrogens is 269 g/mol. The second-order valence-electron chi connectivity index (χ2n) is 4.56. The maximum atomic E-state index is 13.0. The Morgan fingerprint density at radius 1 is 1.14 bits per heavy atom. The summed E-state index contributed by atoms with van der Waals surface area (Å²) in [5, 5.41) is 3.44. The molecule has 0 aliphatic carbocycles. The fourth-order valence-corrected chi connectivity index (χ4v) is 2.13. The van der Waals surface area contributed by atoms with Gasteiger partial charge >= 0.3 is 0 Å². The van der Waals surface area contributed by atoms with Crippen LogP contribution in [0.4, 0.5) is 15.8 Å². The van der Waals surface area contributed by atoms with Crippen LogP contribution in [-0.2, 0) is 0 Å². The minimum Gasteiger partial charge on any atom is -0.397 e. The molecular formula is C16H12FN3O. The monoisotopic (exact) mass is 281 g/mol. The fraction of sp³-hybridized carbons (Fsp3) is 0. The Morgan fingerprint density at radius 3 is 2.76 bits per heavy atom. The molecule has 0 fully saturated rings. The molecule has 4 nitrogen and oxygen atoms in total. The first-order valence-corrected chi connectivity index (χ1v) is 6.35. The molecule has 0 radical (unpaired) electrons. The Kier molecular flexibility index (Phi) is 3.23. The quantitative estimate of drug-likeness (QED) is 0.709. The van der Waals surface area contributed by atoms with E-state index in [9.17, 15) is 9.18 Å². The number of pyridine rings is 1. The number of nitrogens with zero attached hydrogens (tertiary/aromatic N) is 1. The van der Waals surface area contributed by atoms with Gasteiger partial charge in [-0.15, -0.1) is 0 Å². The lowest BCUT2D eigenvalue weighted by Gasteiger charge is -2.09. The second-order valence-corrected chi connectivity index (χ2v) is 4.56. The Hall–Kier alpha value is -2.95. The third-order valence-electron chi connectivity index (χ3n) is 3.16. The topological polar surface area (TPSA) is 68.0 Å². The third-order valence-corrected chi connectivity index (χ3v) is 3.16. The summed E-state index contributed by atoms with van der Waals surface area (Å²) in [5.41, 5.74) is 7.48. The highest BCUT2D eigenvalue weighted by Crippen LogP contribution is 2.22. The number of nitrogens with one attached hydrogen (secondary N) is 1. The van der Waals surface area contributed by atoms with Crippen molar-refractivity contribution in [2.75, 3.05) is 11.1 Å². The summed E-state index contributed by atoms with van der Waals surface area (Å²) < 4.78 is 13.0. The highest BCUT2D eigenvalue weighted by molar-refractivity contribution is 6.13. The van der Waals surface area contributed by atoms with Crippen molar-refractivity contribution < 1.29 is 9.18 Å². The van der Waals surface area contributed by atoms with E-state index in [1.165, 1.54) is 18.2 Å². The first kappa shape index (κ1) is 13.1. The predicted molar refractivity (Wildman–Crippen MR) is 80.5 cm³/mol. The van der Waals surface area contributed by atoms with E-state index in [1.54, 1.807) is 12.3 Å². The Morgan fingerprint density at radius 2 is 1.95 bits per heavy atom. The zero-order valence-electron chi connectivity index (χ0n) is 11.0. The van der Waals surface area contributed by atoms with E-state index in [1.807, 2.05) is 24.3 Å². The molecule has 104 valence electrons. The fourth-order valence-electron chi connectivity index (χ4n) is 2.13. The maximum absolute atomic E-state index is 13.0. The van der Waals surface area contributed by atoms with Gasteiger partial charge in [0.1, 0.15) is 5.82 Å². The zero-order chi connectivity index (χ0) is 14.8. The molecule has 0 saturated heterocycles. The molecule has 0 unspecified atom stereocenters. The van der Waals surface area contributed by atoms with E-state index in [0.717, 1.165) is 10.9 Å². The van der Waals surface area contributed by atoms with Crippen molar-refractivity contribution in [1.82, 2.24) is 4.98 Å². The van der Waals surface area contributed by atoms with E-state index >= 15 is 0 Å². The van der Waals surface area contributed by atoms with Crippen molar-refractivity contribution in [2.24, 2.45) is 0 Å². The van der Waals surface area contributed by atoms with Crippen LogP contribution in [0.25, 0.3) is 10.9 Å². The number of carbonyl (C=O) groups is 1. The van der Waals surface area contributed by atoms with Crippen molar-refractivity contribution in [2.45, 2.75) is 0 Å². The summed E-state index contributed by atoms with van der Waals surface area (Å²) in [7, 11) is 0. The summed E-state index contributed by atoms with van der Waals surface area (Å²) in [6.45, 7) is 0. The van der Waals surface area contributed by atoms with Gasteiger partial charge in [-0.25, -0.2) is 4.39 Å². The van der Waals surface area contributed by atoms with Gasteiger partial charge in [0, 0.05) is 11.6 Å². The average Bonchev–Trinajstić information content (AvgIpc) is 2.49. The lowest BCUT2D eigenvalue weighted by Crippen LogP contribution is -2.14. The van der Waals surface area contributed by atoms with Crippen LogP contribution < -0.4 is 11.1 Å². The molecule has 1 amide bonds. The number of para-hydroxylation sites is 1. The number of halogens is 1. The van der Waals surface area contributed by atoms with Gasteiger partial charge in [-0.05, 0) is 30.3 Å². The van der Waals surface area contributed by atoms with E-state index in [-0.39, 0.29) is 11.6 Å². The Balaban J connectivity index is 1.97. The van der Waals surface area contributed by atoms with Gasteiger partial charge in [-0.1, -0.05) is 18.2 Å². The molecule has 0 aliphatic rings. The molecule has 3 aromatic rings. The molecule has 3 rings (SSSR count). The molecule has 21 heavy (non-hydrogen) atoms. The van der Waals surface area contributed by atoms with E-state index < -0.39 is 5.82 Å². The largest absolute Gasteiger partial charge is 0.397 e. The number of hydrogen-bond donors (Lipinski definition) is 2. The van der Waals surface area contributed by atoms with E-state index in [2.05, 4.69) is 10.3 Å². The van der Waals surface area contributed by atoms with Crippen molar-refractivity contribution in [3.05, 3.63) is 66.1 Å². The first-order valence-electron chi connectivity index (χ1n) is 6.35. The van der Waals surface area contributed by atoms with Crippen LogP contribution >= 0.6 is 0 Å². The molecule has 2 aromatic carbocycles. The summed E-state index contributed by atoms with van der Waals surface area (Å²) in [5.74, 6) is -0.758. The number of amides is 1. The van der Waals surface area contributed by atoms with Crippen LogP contribution in [0.5, 0.6) is 0 Å². The van der Waals surface area contributed by atoms with Crippen molar-refractivity contribution in [3.63, 3.8) is 0 Å². The van der Waals surface area contributed by atoms with E-state index in [0.29, 0.717) is 11.3 Å². The van der Waals surface area contributed by atoms with Crippen LogP contribution in [0.1, 0.15) is 10.4 Å². The second kappa shape index (κ2) is 5.20. The van der Waals surface area contributed by atoms with Crippen LogP contribution in [0.15, 0.2) is 54.7 Å². The number of fused-ring (bicyclic) bond motifs is 1. The molecule has 1 heterocycles. The summed E-state index contributed by atoms with van der Waals surface area (Å²) in [6.07, 6.45) is 1.57.